The molecule has 0 spiro atoms. The van der Waals surface area contributed by atoms with Gasteiger partial charge in [0.1, 0.15) is 6.20 Å². The number of aromatic nitrogens is 2. The lowest BCUT2D eigenvalue weighted by molar-refractivity contribution is -0.389. The molecule has 1 aromatic carbocycles. The molecule has 0 N–H and O–H groups in total. The van der Waals surface area contributed by atoms with Crippen molar-refractivity contribution in [1.82, 2.24) is 14.5 Å². The third-order valence-corrected chi connectivity index (χ3v) is 4.38. The van der Waals surface area contributed by atoms with Crippen LogP contribution in [-0.2, 0) is 0 Å². The third kappa shape index (κ3) is 3.08. The Balaban J connectivity index is 1.79. The van der Waals surface area contributed by atoms with E-state index in [1.54, 1.807) is 16.7 Å². The zero-order chi connectivity index (χ0) is 16.4. The van der Waals surface area contributed by atoms with E-state index in [0.29, 0.717) is 24.6 Å². The van der Waals surface area contributed by atoms with Crippen LogP contribution in [0.5, 0.6) is 0 Å². The highest BCUT2D eigenvalue weighted by molar-refractivity contribution is 5.94. The van der Waals surface area contributed by atoms with Gasteiger partial charge in [-0.15, -0.1) is 0 Å². The molecule has 2 unspecified atom stereocenters. The first-order valence-corrected chi connectivity index (χ1v) is 7.58. The minimum absolute atomic E-state index is 0.00221. The summed E-state index contributed by atoms with van der Waals surface area (Å²) in [6.45, 7) is 3.32. The molecule has 1 aliphatic heterocycles. The molecule has 0 aliphatic carbocycles. The normalized spacial score (nSPS) is 21.2. The Morgan fingerprint density at radius 1 is 1.35 bits per heavy atom. The number of hydrogen-bond acceptors (Lipinski definition) is 4. The zero-order valence-corrected chi connectivity index (χ0v) is 12.8. The van der Waals surface area contributed by atoms with Crippen LogP contribution in [0.25, 0.3) is 0 Å². The lowest BCUT2D eigenvalue weighted by Crippen LogP contribution is -2.43. The van der Waals surface area contributed by atoms with Gasteiger partial charge in [0.2, 0.25) is 6.33 Å². The highest BCUT2D eigenvalue weighted by Gasteiger charge is 2.31. The van der Waals surface area contributed by atoms with Crippen LogP contribution >= 0.6 is 0 Å². The molecule has 3 rings (SSSR count). The Morgan fingerprint density at radius 2 is 2.09 bits per heavy atom. The molecule has 1 fully saturated rings. The van der Waals surface area contributed by atoms with Gasteiger partial charge in [-0.2, -0.15) is 0 Å². The van der Waals surface area contributed by atoms with Crippen molar-refractivity contribution < 1.29 is 9.72 Å². The summed E-state index contributed by atoms with van der Waals surface area (Å²) in [6, 6.07) is 9.17. The number of rotatable bonds is 3. The largest absolute Gasteiger partial charge is 0.381 e. The fourth-order valence-electron chi connectivity index (χ4n) is 2.99. The molecule has 2 atom stereocenters. The van der Waals surface area contributed by atoms with E-state index >= 15 is 0 Å². The molecule has 7 heteroatoms. The molecule has 2 aromatic rings. The number of carbonyl (C=O) groups is 1. The predicted molar refractivity (Wildman–Crippen MR) is 84.0 cm³/mol. The van der Waals surface area contributed by atoms with Crippen LogP contribution in [-0.4, -0.2) is 38.4 Å². The molecule has 0 saturated carbocycles. The number of carbonyl (C=O) groups excluding carboxylic acids is 1. The van der Waals surface area contributed by atoms with Gasteiger partial charge in [-0.3, -0.25) is 4.79 Å². The van der Waals surface area contributed by atoms with Crippen LogP contribution in [0.15, 0.2) is 42.9 Å². The first-order valence-electron chi connectivity index (χ1n) is 7.58. The van der Waals surface area contributed by atoms with Gasteiger partial charge in [0.15, 0.2) is 0 Å². The van der Waals surface area contributed by atoms with Crippen molar-refractivity contribution in [3.63, 3.8) is 0 Å². The van der Waals surface area contributed by atoms with E-state index in [4.69, 9.17) is 0 Å². The Bertz CT molecular complexity index is 713. The fourth-order valence-corrected chi connectivity index (χ4v) is 2.99. The third-order valence-electron chi connectivity index (χ3n) is 4.38. The highest BCUT2D eigenvalue weighted by atomic mass is 16.6. The van der Waals surface area contributed by atoms with Gasteiger partial charge in [0, 0.05) is 18.7 Å². The molecule has 1 amide bonds. The lowest BCUT2D eigenvalue weighted by Gasteiger charge is -2.37. The van der Waals surface area contributed by atoms with Crippen LogP contribution in [0.1, 0.15) is 29.7 Å². The van der Waals surface area contributed by atoms with E-state index in [1.807, 2.05) is 23.1 Å². The minimum Gasteiger partial charge on any atom is -0.358 e. The number of nitrogens with zero attached hydrogens (tertiary/aromatic N) is 4. The summed E-state index contributed by atoms with van der Waals surface area (Å²) in [5.41, 5.74) is 0.664. The molecule has 120 valence electrons. The summed E-state index contributed by atoms with van der Waals surface area (Å²) in [5.74, 6) is 0.157. The zero-order valence-electron chi connectivity index (χ0n) is 12.8. The first kappa shape index (κ1) is 15.2. The Labute approximate surface area is 133 Å². The van der Waals surface area contributed by atoms with Crippen LogP contribution in [0.4, 0.5) is 5.82 Å². The number of nitro groups is 1. The maximum absolute atomic E-state index is 12.6. The van der Waals surface area contributed by atoms with E-state index in [1.165, 1.54) is 12.5 Å². The molecule has 0 bridgehead atoms. The SMILES string of the molecule is CC1CCN(C(=O)c2ccccc2)CC1n1cnc([N+](=O)[O-])c1. The van der Waals surface area contributed by atoms with Crippen molar-refractivity contribution in [2.45, 2.75) is 19.4 Å². The van der Waals surface area contributed by atoms with Gasteiger partial charge in [-0.1, -0.05) is 25.1 Å². The van der Waals surface area contributed by atoms with Crippen molar-refractivity contribution in [3.05, 3.63) is 58.5 Å². The molecule has 1 aliphatic rings. The second-order valence-electron chi connectivity index (χ2n) is 5.89. The molecular formula is C16H18N4O3. The number of hydrogen-bond donors (Lipinski definition) is 0. The number of piperidine rings is 1. The topological polar surface area (TPSA) is 81.3 Å². The van der Waals surface area contributed by atoms with Crippen LogP contribution in [0.2, 0.25) is 0 Å². The van der Waals surface area contributed by atoms with Gasteiger partial charge in [-0.25, -0.2) is 0 Å². The quantitative estimate of drug-likeness (QED) is 0.644. The Morgan fingerprint density at radius 3 is 2.74 bits per heavy atom. The molecule has 7 nitrogen and oxygen atoms in total. The summed E-state index contributed by atoms with van der Waals surface area (Å²) in [4.78, 5) is 28.5. The summed E-state index contributed by atoms with van der Waals surface area (Å²) in [6.07, 6.45) is 3.78. The number of imidazole rings is 1. The molecule has 23 heavy (non-hydrogen) atoms. The summed E-state index contributed by atoms with van der Waals surface area (Å²) >= 11 is 0. The van der Waals surface area contributed by atoms with Crippen molar-refractivity contribution >= 4 is 11.7 Å². The van der Waals surface area contributed by atoms with E-state index in [-0.39, 0.29) is 17.8 Å². The lowest BCUT2D eigenvalue weighted by atomic mass is 9.93. The van der Waals surface area contributed by atoms with Gasteiger partial charge < -0.3 is 19.6 Å². The fraction of sp³-hybridized carbons (Fsp3) is 0.375. The first-order chi connectivity index (χ1) is 11.1. The van der Waals surface area contributed by atoms with Gasteiger partial charge in [-0.05, 0) is 34.4 Å². The summed E-state index contributed by atoms with van der Waals surface area (Å²) in [7, 11) is 0. The van der Waals surface area contributed by atoms with Crippen molar-refractivity contribution in [2.75, 3.05) is 13.1 Å². The number of benzene rings is 1. The van der Waals surface area contributed by atoms with E-state index < -0.39 is 4.92 Å². The van der Waals surface area contributed by atoms with E-state index in [9.17, 15) is 14.9 Å². The summed E-state index contributed by atoms with van der Waals surface area (Å²) < 4.78 is 1.76. The molecule has 2 heterocycles. The smallest absolute Gasteiger partial charge is 0.358 e. The molecule has 1 aromatic heterocycles. The highest BCUT2D eigenvalue weighted by Crippen LogP contribution is 2.29. The van der Waals surface area contributed by atoms with Crippen molar-refractivity contribution in [1.29, 1.82) is 0 Å². The van der Waals surface area contributed by atoms with E-state index in [0.717, 1.165) is 6.42 Å². The molecule has 0 radical (unpaired) electrons. The maximum Gasteiger partial charge on any atom is 0.381 e. The maximum atomic E-state index is 12.6. The van der Waals surface area contributed by atoms with Crippen LogP contribution in [0, 0.1) is 16.0 Å². The number of amides is 1. The van der Waals surface area contributed by atoms with E-state index in [2.05, 4.69) is 11.9 Å². The Hall–Kier alpha value is -2.70. The van der Waals surface area contributed by atoms with Crippen LogP contribution in [0.3, 0.4) is 0 Å². The van der Waals surface area contributed by atoms with Crippen molar-refractivity contribution in [3.8, 4) is 0 Å². The molecule has 1 saturated heterocycles. The average Bonchev–Trinajstić information content (AvgIpc) is 3.05. The van der Waals surface area contributed by atoms with Crippen molar-refractivity contribution in [2.24, 2.45) is 5.92 Å². The van der Waals surface area contributed by atoms with Crippen LogP contribution < -0.4 is 0 Å². The standard InChI is InChI=1S/C16H18N4O3/c1-12-7-8-18(16(21)13-5-3-2-4-6-13)9-14(12)19-10-15(17-11-19)20(22)23/h2-6,10-12,14H,7-9H2,1H3. The molecular weight excluding hydrogens is 296 g/mol. The predicted octanol–water partition coefficient (Wildman–Crippen LogP) is 2.51. The number of likely N-dealkylation sites (tertiary alicyclic amines) is 1. The monoisotopic (exact) mass is 314 g/mol. The Kier molecular flexibility index (Phi) is 4.10. The average molecular weight is 314 g/mol. The second kappa shape index (κ2) is 6.20. The van der Waals surface area contributed by atoms with Gasteiger partial charge in [0.25, 0.3) is 5.91 Å². The second-order valence-corrected chi connectivity index (χ2v) is 5.89. The van der Waals surface area contributed by atoms with Gasteiger partial charge in [0.05, 0.1) is 6.04 Å². The summed E-state index contributed by atoms with van der Waals surface area (Å²) in [5, 5.41) is 10.8. The minimum atomic E-state index is -0.503. The van der Waals surface area contributed by atoms with Gasteiger partial charge >= 0.3 is 5.82 Å².